The molecule has 0 heterocycles. The van der Waals surface area contributed by atoms with E-state index in [9.17, 15) is 15.0 Å². The predicted molar refractivity (Wildman–Crippen MR) is 76.9 cm³/mol. The number of aromatic hydroxyl groups is 2. The molecule has 0 saturated heterocycles. The molecule has 108 valence electrons. The number of aliphatic hydroxyl groups is 1. The second-order valence-electron chi connectivity index (χ2n) is 4.29. The summed E-state index contributed by atoms with van der Waals surface area (Å²) in [5, 5.41) is 32.1. The van der Waals surface area contributed by atoms with Gasteiger partial charge in [0.1, 0.15) is 11.5 Å². The number of phenols is 2. The molecule has 4 N–H and O–H groups in total. The fourth-order valence-electron chi connectivity index (χ4n) is 1.65. The topological polar surface area (TPSA) is 102 Å². The lowest BCUT2D eigenvalue weighted by molar-refractivity contribution is -0.129. The summed E-state index contributed by atoms with van der Waals surface area (Å²) in [6.07, 6.45) is -0.110. The van der Waals surface area contributed by atoms with E-state index in [0.717, 1.165) is 6.07 Å². The van der Waals surface area contributed by atoms with Crippen molar-refractivity contribution in [1.29, 1.82) is 0 Å². The van der Waals surface area contributed by atoms with Crippen molar-refractivity contribution in [3.05, 3.63) is 59.7 Å². The van der Waals surface area contributed by atoms with Crippen LogP contribution in [-0.4, -0.2) is 27.4 Å². The number of hydrazone groups is 1. The maximum atomic E-state index is 11.7. The molecule has 0 radical (unpaired) electrons. The third-order valence-corrected chi connectivity index (χ3v) is 2.76. The Bertz CT molecular complexity index is 656. The lowest BCUT2D eigenvalue weighted by atomic mass is 10.1. The molecule has 6 nitrogen and oxygen atoms in total. The summed E-state index contributed by atoms with van der Waals surface area (Å²) >= 11 is 0. The van der Waals surface area contributed by atoms with Gasteiger partial charge in [-0.25, -0.2) is 5.43 Å². The van der Waals surface area contributed by atoms with E-state index in [2.05, 4.69) is 10.5 Å². The molecule has 0 aliphatic carbocycles. The molecule has 0 saturated carbocycles. The van der Waals surface area contributed by atoms with Gasteiger partial charge >= 0.3 is 0 Å². The standard InChI is InChI=1S/C15H14N2O4/c18-12-7-6-11(13(19)8-12)9-16-17-15(21)14(20)10-4-2-1-3-5-10/h1-9,14,18-20H,(H,17,21)/b16-9-/t14-/m0/s1. The van der Waals surface area contributed by atoms with Crippen molar-refractivity contribution in [2.75, 3.05) is 0 Å². The van der Waals surface area contributed by atoms with Crippen molar-refractivity contribution >= 4 is 12.1 Å². The average Bonchev–Trinajstić information content (AvgIpc) is 2.49. The highest BCUT2D eigenvalue weighted by Gasteiger charge is 2.15. The Hall–Kier alpha value is -2.86. The normalized spacial score (nSPS) is 12.2. The van der Waals surface area contributed by atoms with Crippen LogP contribution in [0.5, 0.6) is 11.5 Å². The van der Waals surface area contributed by atoms with E-state index in [1.807, 2.05) is 0 Å². The van der Waals surface area contributed by atoms with Crippen molar-refractivity contribution in [3.8, 4) is 11.5 Å². The molecule has 2 aromatic rings. The summed E-state index contributed by atoms with van der Waals surface area (Å²) in [5.74, 6) is -0.930. The van der Waals surface area contributed by atoms with E-state index in [-0.39, 0.29) is 11.5 Å². The molecule has 2 aromatic carbocycles. The number of carbonyl (C=O) groups is 1. The summed E-state index contributed by atoms with van der Waals surface area (Å²) in [6, 6.07) is 12.4. The van der Waals surface area contributed by atoms with Gasteiger partial charge in [-0.05, 0) is 17.7 Å². The van der Waals surface area contributed by atoms with Gasteiger partial charge in [0.15, 0.2) is 6.10 Å². The quantitative estimate of drug-likeness (QED) is 0.502. The number of hydrogen-bond acceptors (Lipinski definition) is 5. The Morgan fingerprint density at radius 3 is 2.52 bits per heavy atom. The molecule has 0 aliphatic rings. The van der Waals surface area contributed by atoms with Crippen LogP contribution in [0.15, 0.2) is 53.6 Å². The van der Waals surface area contributed by atoms with Crippen LogP contribution in [0.1, 0.15) is 17.2 Å². The number of nitrogens with zero attached hydrogens (tertiary/aromatic N) is 1. The number of rotatable bonds is 4. The molecular formula is C15H14N2O4. The first-order valence-corrected chi connectivity index (χ1v) is 6.16. The van der Waals surface area contributed by atoms with Crippen LogP contribution in [-0.2, 0) is 4.79 Å². The first kappa shape index (κ1) is 14.5. The van der Waals surface area contributed by atoms with E-state index in [4.69, 9.17) is 5.11 Å². The van der Waals surface area contributed by atoms with Crippen molar-refractivity contribution in [2.24, 2.45) is 5.10 Å². The van der Waals surface area contributed by atoms with Crippen LogP contribution in [0.4, 0.5) is 0 Å². The van der Waals surface area contributed by atoms with E-state index < -0.39 is 12.0 Å². The Morgan fingerprint density at radius 1 is 1.14 bits per heavy atom. The van der Waals surface area contributed by atoms with E-state index in [1.165, 1.54) is 18.3 Å². The molecule has 0 fully saturated rings. The number of phenolic OH excluding ortho intramolecular Hbond substituents is 2. The van der Waals surface area contributed by atoms with Crippen molar-refractivity contribution < 1.29 is 20.1 Å². The van der Waals surface area contributed by atoms with E-state index in [1.54, 1.807) is 30.3 Å². The van der Waals surface area contributed by atoms with Crippen LogP contribution in [0.3, 0.4) is 0 Å². The van der Waals surface area contributed by atoms with Gasteiger partial charge in [0.25, 0.3) is 5.91 Å². The second kappa shape index (κ2) is 6.53. The lowest BCUT2D eigenvalue weighted by Gasteiger charge is -2.08. The van der Waals surface area contributed by atoms with E-state index in [0.29, 0.717) is 11.1 Å². The van der Waals surface area contributed by atoms with Gasteiger partial charge in [-0.1, -0.05) is 30.3 Å². The Kier molecular flexibility index (Phi) is 4.53. The number of benzene rings is 2. The van der Waals surface area contributed by atoms with Crippen molar-refractivity contribution in [1.82, 2.24) is 5.43 Å². The summed E-state index contributed by atoms with van der Waals surface area (Å²) in [7, 11) is 0. The maximum Gasteiger partial charge on any atom is 0.273 e. The molecule has 1 amide bonds. The summed E-state index contributed by atoms with van der Waals surface area (Å²) in [6.45, 7) is 0. The molecular weight excluding hydrogens is 272 g/mol. The lowest BCUT2D eigenvalue weighted by Crippen LogP contribution is -2.25. The highest BCUT2D eigenvalue weighted by molar-refractivity contribution is 5.86. The molecule has 0 bridgehead atoms. The van der Waals surface area contributed by atoms with Gasteiger partial charge in [0.05, 0.1) is 6.21 Å². The predicted octanol–water partition coefficient (Wildman–Crippen LogP) is 1.28. The molecule has 21 heavy (non-hydrogen) atoms. The van der Waals surface area contributed by atoms with Crippen LogP contribution >= 0.6 is 0 Å². The number of carbonyl (C=O) groups excluding carboxylic acids is 1. The maximum absolute atomic E-state index is 11.7. The zero-order chi connectivity index (χ0) is 15.2. The summed E-state index contributed by atoms with van der Waals surface area (Å²) in [5.41, 5.74) is 2.96. The molecule has 2 rings (SSSR count). The highest BCUT2D eigenvalue weighted by Crippen LogP contribution is 2.20. The molecule has 1 atom stereocenters. The molecule has 0 unspecified atom stereocenters. The Labute approximate surface area is 121 Å². The fourth-order valence-corrected chi connectivity index (χ4v) is 1.65. The summed E-state index contributed by atoms with van der Waals surface area (Å²) in [4.78, 5) is 11.7. The van der Waals surface area contributed by atoms with Gasteiger partial charge in [-0.15, -0.1) is 0 Å². The first-order chi connectivity index (χ1) is 10.1. The Balaban J connectivity index is 1.99. The van der Waals surface area contributed by atoms with E-state index >= 15 is 0 Å². The molecule has 6 heteroatoms. The van der Waals surface area contributed by atoms with Crippen LogP contribution < -0.4 is 5.43 Å². The SMILES string of the molecule is O=C(N/N=C\c1ccc(O)cc1O)[C@@H](O)c1ccccc1. The summed E-state index contributed by atoms with van der Waals surface area (Å²) < 4.78 is 0. The monoisotopic (exact) mass is 286 g/mol. The third kappa shape index (κ3) is 3.80. The second-order valence-corrected chi connectivity index (χ2v) is 4.29. The van der Waals surface area contributed by atoms with Crippen LogP contribution in [0, 0.1) is 0 Å². The van der Waals surface area contributed by atoms with Crippen molar-refractivity contribution in [2.45, 2.75) is 6.10 Å². The number of hydrogen-bond donors (Lipinski definition) is 4. The first-order valence-electron chi connectivity index (χ1n) is 6.16. The zero-order valence-corrected chi connectivity index (χ0v) is 11.0. The van der Waals surface area contributed by atoms with Gasteiger partial charge in [-0.2, -0.15) is 5.10 Å². The average molecular weight is 286 g/mol. The number of aliphatic hydroxyl groups excluding tert-OH is 1. The molecule has 0 spiro atoms. The van der Waals surface area contributed by atoms with Gasteiger partial charge in [0, 0.05) is 11.6 Å². The van der Waals surface area contributed by atoms with Gasteiger partial charge in [0.2, 0.25) is 0 Å². The zero-order valence-electron chi connectivity index (χ0n) is 11.0. The van der Waals surface area contributed by atoms with Gasteiger partial charge in [-0.3, -0.25) is 4.79 Å². The minimum Gasteiger partial charge on any atom is -0.508 e. The Morgan fingerprint density at radius 2 is 1.86 bits per heavy atom. The highest BCUT2D eigenvalue weighted by atomic mass is 16.3. The number of amides is 1. The smallest absolute Gasteiger partial charge is 0.273 e. The van der Waals surface area contributed by atoms with Crippen molar-refractivity contribution in [3.63, 3.8) is 0 Å². The minimum absolute atomic E-state index is 0.0758. The van der Waals surface area contributed by atoms with Crippen LogP contribution in [0.25, 0.3) is 0 Å². The molecule has 0 aromatic heterocycles. The fraction of sp³-hybridized carbons (Fsp3) is 0.0667. The number of nitrogens with one attached hydrogen (secondary N) is 1. The molecule has 0 aliphatic heterocycles. The van der Waals surface area contributed by atoms with Crippen LogP contribution in [0.2, 0.25) is 0 Å². The minimum atomic E-state index is -1.32. The largest absolute Gasteiger partial charge is 0.508 e. The third-order valence-electron chi connectivity index (χ3n) is 2.76. The van der Waals surface area contributed by atoms with Gasteiger partial charge < -0.3 is 15.3 Å².